The van der Waals surface area contributed by atoms with Crippen LogP contribution in [0.2, 0.25) is 0 Å². The van der Waals surface area contributed by atoms with Crippen molar-refractivity contribution in [2.75, 3.05) is 13.7 Å². The second-order valence-electron chi connectivity index (χ2n) is 4.13. The van der Waals surface area contributed by atoms with Gasteiger partial charge in [-0.1, -0.05) is 43.7 Å². The van der Waals surface area contributed by atoms with E-state index in [0.29, 0.717) is 6.04 Å². The average molecular weight is 221 g/mol. The van der Waals surface area contributed by atoms with Crippen LogP contribution in [0.3, 0.4) is 0 Å². The van der Waals surface area contributed by atoms with Crippen LogP contribution in [0, 0.1) is 6.92 Å². The Hall–Kier alpha value is -0.860. The minimum Gasteiger partial charge on any atom is -0.379 e. The van der Waals surface area contributed by atoms with E-state index < -0.39 is 0 Å². The molecule has 1 aromatic carbocycles. The Morgan fingerprint density at radius 2 is 2.06 bits per heavy atom. The quantitative estimate of drug-likeness (QED) is 0.797. The van der Waals surface area contributed by atoms with Crippen molar-refractivity contribution >= 4 is 0 Å². The molecule has 1 N–H and O–H groups in total. The predicted octanol–water partition coefficient (Wildman–Crippen LogP) is 3.07. The summed E-state index contributed by atoms with van der Waals surface area (Å²) in [6.07, 6.45) is 1.25. The Labute approximate surface area is 99.0 Å². The summed E-state index contributed by atoms with van der Waals surface area (Å²) in [7, 11) is 1.79. The molecule has 0 radical (unpaired) electrons. The third-order valence-corrected chi connectivity index (χ3v) is 2.90. The first kappa shape index (κ1) is 13.2. The van der Waals surface area contributed by atoms with Crippen LogP contribution in [0.25, 0.3) is 0 Å². The molecule has 0 aliphatic rings. The van der Waals surface area contributed by atoms with Crippen molar-refractivity contribution in [3.05, 3.63) is 35.4 Å². The van der Waals surface area contributed by atoms with Crippen molar-refractivity contribution in [2.24, 2.45) is 0 Å². The molecule has 0 saturated heterocycles. The maximum Gasteiger partial charge on any atom is 0.0763 e. The van der Waals surface area contributed by atoms with Crippen LogP contribution in [0.1, 0.15) is 37.4 Å². The number of nitrogens with one attached hydrogen (secondary N) is 1. The molecule has 90 valence electrons. The van der Waals surface area contributed by atoms with Gasteiger partial charge in [0.15, 0.2) is 0 Å². The summed E-state index contributed by atoms with van der Waals surface area (Å²) in [5.74, 6) is 0. The van der Waals surface area contributed by atoms with Gasteiger partial charge >= 0.3 is 0 Å². The van der Waals surface area contributed by atoms with Crippen molar-refractivity contribution in [1.82, 2.24) is 5.32 Å². The summed E-state index contributed by atoms with van der Waals surface area (Å²) in [5, 5.41) is 3.50. The fourth-order valence-corrected chi connectivity index (χ4v) is 2.09. The van der Waals surface area contributed by atoms with Gasteiger partial charge in [-0.05, 0) is 25.5 Å². The van der Waals surface area contributed by atoms with Crippen molar-refractivity contribution < 1.29 is 4.74 Å². The zero-order valence-corrected chi connectivity index (χ0v) is 10.8. The van der Waals surface area contributed by atoms with Gasteiger partial charge in [0.1, 0.15) is 0 Å². The number of aryl methyl sites for hydroxylation is 1. The van der Waals surface area contributed by atoms with Gasteiger partial charge in [0, 0.05) is 7.11 Å². The number of ether oxygens (including phenoxy) is 1. The van der Waals surface area contributed by atoms with E-state index in [9.17, 15) is 0 Å². The summed E-state index contributed by atoms with van der Waals surface area (Å²) in [6, 6.07) is 8.93. The highest BCUT2D eigenvalue weighted by Crippen LogP contribution is 2.21. The first-order valence-corrected chi connectivity index (χ1v) is 6.05. The monoisotopic (exact) mass is 221 g/mol. The number of methoxy groups -OCH3 is 1. The molecule has 0 heterocycles. The molecule has 0 bridgehead atoms. The number of hydrogen-bond donors (Lipinski definition) is 1. The third kappa shape index (κ3) is 3.32. The average Bonchev–Trinajstić information content (AvgIpc) is 2.29. The lowest BCUT2D eigenvalue weighted by atomic mass is 9.98. The fraction of sp³-hybridized carbons (Fsp3) is 0.571. The second-order valence-corrected chi connectivity index (χ2v) is 4.13. The molecule has 2 heteroatoms. The van der Waals surface area contributed by atoms with Gasteiger partial charge in [0.05, 0.1) is 12.1 Å². The smallest absolute Gasteiger partial charge is 0.0763 e. The zero-order valence-electron chi connectivity index (χ0n) is 10.8. The van der Waals surface area contributed by atoms with Gasteiger partial charge < -0.3 is 10.1 Å². The molecule has 2 unspecified atom stereocenters. The topological polar surface area (TPSA) is 21.3 Å². The normalized spacial score (nSPS) is 14.8. The lowest BCUT2D eigenvalue weighted by Crippen LogP contribution is -2.32. The van der Waals surface area contributed by atoms with Crippen LogP contribution >= 0.6 is 0 Å². The Morgan fingerprint density at radius 3 is 2.56 bits per heavy atom. The van der Waals surface area contributed by atoms with Gasteiger partial charge in [0.25, 0.3) is 0 Å². The molecule has 2 nitrogen and oxygen atoms in total. The zero-order chi connectivity index (χ0) is 12.0. The Morgan fingerprint density at radius 1 is 1.31 bits per heavy atom. The molecule has 1 aromatic rings. The predicted molar refractivity (Wildman–Crippen MR) is 68.7 cm³/mol. The molecule has 16 heavy (non-hydrogen) atoms. The van der Waals surface area contributed by atoms with Crippen LogP contribution in [-0.4, -0.2) is 19.8 Å². The van der Waals surface area contributed by atoms with E-state index in [1.165, 1.54) is 11.1 Å². The molecular weight excluding hydrogens is 198 g/mol. The van der Waals surface area contributed by atoms with Crippen LogP contribution in [-0.2, 0) is 4.74 Å². The minimum atomic E-state index is 0.238. The maximum absolute atomic E-state index is 5.55. The van der Waals surface area contributed by atoms with E-state index in [4.69, 9.17) is 4.74 Å². The molecule has 0 saturated carbocycles. The van der Waals surface area contributed by atoms with E-state index in [1.54, 1.807) is 7.11 Å². The van der Waals surface area contributed by atoms with E-state index in [-0.39, 0.29) is 6.10 Å². The maximum atomic E-state index is 5.55. The summed E-state index contributed by atoms with van der Waals surface area (Å²) in [5.41, 5.74) is 2.61. The Bertz CT molecular complexity index is 307. The fourth-order valence-electron chi connectivity index (χ4n) is 2.09. The summed E-state index contributed by atoms with van der Waals surface area (Å²) >= 11 is 0. The second kappa shape index (κ2) is 6.66. The van der Waals surface area contributed by atoms with Crippen molar-refractivity contribution in [3.63, 3.8) is 0 Å². The summed E-state index contributed by atoms with van der Waals surface area (Å²) < 4.78 is 5.55. The first-order valence-electron chi connectivity index (χ1n) is 6.05. The molecule has 0 amide bonds. The van der Waals surface area contributed by atoms with Gasteiger partial charge in [-0.3, -0.25) is 0 Å². The summed E-state index contributed by atoms with van der Waals surface area (Å²) in [6.45, 7) is 7.37. The molecule has 0 aromatic heterocycles. The molecule has 0 fully saturated rings. The molecule has 1 rings (SSSR count). The van der Waals surface area contributed by atoms with Gasteiger partial charge in [-0.2, -0.15) is 0 Å². The van der Waals surface area contributed by atoms with Crippen LogP contribution in [0.4, 0.5) is 0 Å². The molecule has 0 aliphatic heterocycles. The molecular formula is C14H23NO. The number of likely N-dealkylation sites (N-methyl/N-ethyl adjacent to an activating group) is 1. The number of hydrogen-bond acceptors (Lipinski definition) is 2. The highest BCUT2D eigenvalue weighted by Gasteiger charge is 2.20. The van der Waals surface area contributed by atoms with Crippen molar-refractivity contribution in [2.45, 2.75) is 39.3 Å². The molecule has 2 atom stereocenters. The first-order chi connectivity index (χ1) is 7.72. The Kier molecular flexibility index (Phi) is 5.50. The standard InChI is InChI=1S/C14H23NO/c1-5-13(16-4)14(15-6-2)12-9-7-8-11(3)10-12/h7-10,13-15H,5-6H2,1-4H3. The minimum absolute atomic E-state index is 0.238. The summed E-state index contributed by atoms with van der Waals surface area (Å²) in [4.78, 5) is 0. The largest absolute Gasteiger partial charge is 0.379 e. The van der Waals surface area contributed by atoms with Crippen LogP contribution in [0.5, 0.6) is 0 Å². The molecule has 0 spiro atoms. The number of benzene rings is 1. The number of rotatable bonds is 6. The van der Waals surface area contributed by atoms with E-state index >= 15 is 0 Å². The van der Waals surface area contributed by atoms with Gasteiger partial charge in [-0.15, -0.1) is 0 Å². The third-order valence-electron chi connectivity index (χ3n) is 2.90. The van der Waals surface area contributed by atoms with Crippen molar-refractivity contribution in [3.8, 4) is 0 Å². The van der Waals surface area contributed by atoms with Crippen molar-refractivity contribution in [1.29, 1.82) is 0 Å². The molecule has 0 aliphatic carbocycles. The van der Waals surface area contributed by atoms with E-state index in [0.717, 1.165) is 13.0 Å². The Balaban J connectivity index is 2.91. The SMILES string of the molecule is CCNC(c1cccc(C)c1)C(CC)OC. The van der Waals surface area contributed by atoms with Crippen LogP contribution in [0.15, 0.2) is 24.3 Å². The van der Waals surface area contributed by atoms with Gasteiger partial charge in [0.2, 0.25) is 0 Å². The van der Waals surface area contributed by atoms with E-state index in [1.807, 2.05) is 0 Å². The van der Waals surface area contributed by atoms with E-state index in [2.05, 4.69) is 50.4 Å². The highest BCUT2D eigenvalue weighted by atomic mass is 16.5. The lowest BCUT2D eigenvalue weighted by molar-refractivity contribution is 0.0656. The highest BCUT2D eigenvalue weighted by molar-refractivity contribution is 5.26. The van der Waals surface area contributed by atoms with Crippen LogP contribution < -0.4 is 5.32 Å². The van der Waals surface area contributed by atoms with Gasteiger partial charge in [-0.25, -0.2) is 0 Å². The lowest BCUT2D eigenvalue weighted by Gasteiger charge is -2.26.